The minimum absolute atomic E-state index is 0.00708. The summed E-state index contributed by atoms with van der Waals surface area (Å²) in [6, 6.07) is 19.5. The van der Waals surface area contributed by atoms with Gasteiger partial charge < -0.3 is 18.9 Å². The molecule has 0 bridgehead atoms. The molecule has 2 aliphatic rings. The van der Waals surface area contributed by atoms with Crippen molar-refractivity contribution >= 4 is 17.3 Å². The van der Waals surface area contributed by atoms with Gasteiger partial charge in [-0.25, -0.2) is 5.01 Å². The Morgan fingerprint density at radius 3 is 2.41 bits per heavy atom. The van der Waals surface area contributed by atoms with Gasteiger partial charge in [0.15, 0.2) is 11.5 Å². The van der Waals surface area contributed by atoms with Crippen LogP contribution < -0.4 is 18.9 Å². The molecule has 6 nitrogen and oxygen atoms in total. The molecule has 0 aliphatic carbocycles. The average Bonchev–Trinajstić information content (AvgIpc) is 3.29. The van der Waals surface area contributed by atoms with Gasteiger partial charge >= 0.3 is 0 Å². The Hall–Kier alpha value is -3.38. The Labute approximate surface area is 191 Å². The average molecular weight is 451 g/mol. The number of halogens is 1. The van der Waals surface area contributed by atoms with E-state index in [4.69, 9.17) is 35.6 Å². The highest BCUT2D eigenvalue weighted by Gasteiger charge is 2.41. The lowest BCUT2D eigenvalue weighted by Crippen LogP contribution is -2.33. The molecule has 164 valence electrons. The van der Waals surface area contributed by atoms with Crippen LogP contribution in [-0.2, 0) is 0 Å². The van der Waals surface area contributed by atoms with Crippen LogP contribution in [0, 0.1) is 0 Å². The fraction of sp³-hybridized carbons (Fsp3) is 0.240. The van der Waals surface area contributed by atoms with Gasteiger partial charge in [-0.1, -0.05) is 11.6 Å². The molecule has 0 aromatic heterocycles. The van der Waals surface area contributed by atoms with Crippen LogP contribution in [-0.4, -0.2) is 32.0 Å². The largest absolute Gasteiger partial charge is 0.497 e. The smallest absolute Gasteiger partial charge is 0.214 e. The predicted octanol–water partition coefficient (Wildman–Crippen LogP) is 5.61. The molecular formula is C25H23ClN2O4. The third-order valence-corrected chi connectivity index (χ3v) is 6.10. The summed E-state index contributed by atoms with van der Waals surface area (Å²) in [5, 5.41) is 7.68. The normalized spacial score (nSPS) is 18.9. The molecule has 32 heavy (non-hydrogen) atoms. The van der Waals surface area contributed by atoms with Crippen LogP contribution in [0.4, 0.5) is 0 Å². The molecule has 0 saturated heterocycles. The molecule has 2 atom stereocenters. The van der Waals surface area contributed by atoms with E-state index < -0.39 is 6.23 Å². The zero-order chi connectivity index (χ0) is 22.2. The van der Waals surface area contributed by atoms with Crippen LogP contribution in [0.5, 0.6) is 23.0 Å². The van der Waals surface area contributed by atoms with Crippen molar-refractivity contribution in [1.29, 1.82) is 0 Å². The highest BCUT2D eigenvalue weighted by Crippen LogP contribution is 2.49. The number of fused-ring (bicyclic) bond motifs is 3. The fourth-order valence-electron chi connectivity index (χ4n) is 4.24. The molecule has 0 amide bonds. The Morgan fingerprint density at radius 2 is 1.69 bits per heavy atom. The Morgan fingerprint density at radius 1 is 0.906 bits per heavy atom. The molecule has 0 radical (unpaired) electrons. The van der Waals surface area contributed by atoms with Crippen molar-refractivity contribution in [2.75, 3.05) is 21.3 Å². The maximum Gasteiger partial charge on any atom is 0.214 e. The van der Waals surface area contributed by atoms with E-state index in [0.717, 1.165) is 40.3 Å². The van der Waals surface area contributed by atoms with E-state index in [2.05, 4.69) is 0 Å². The summed E-state index contributed by atoms with van der Waals surface area (Å²) in [5.41, 5.74) is 3.99. The Kier molecular flexibility index (Phi) is 5.31. The second-order valence-corrected chi connectivity index (χ2v) is 8.08. The number of benzene rings is 3. The van der Waals surface area contributed by atoms with E-state index in [1.807, 2.05) is 65.7 Å². The van der Waals surface area contributed by atoms with E-state index in [0.29, 0.717) is 16.5 Å². The molecule has 0 unspecified atom stereocenters. The van der Waals surface area contributed by atoms with E-state index in [1.54, 1.807) is 21.3 Å². The highest BCUT2D eigenvalue weighted by atomic mass is 35.5. The minimum Gasteiger partial charge on any atom is -0.497 e. The third-order valence-electron chi connectivity index (χ3n) is 5.87. The van der Waals surface area contributed by atoms with Gasteiger partial charge in [0, 0.05) is 22.6 Å². The first-order valence-corrected chi connectivity index (χ1v) is 10.7. The summed E-state index contributed by atoms with van der Waals surface area (Å²) in [6.45, 7) is 0. The zero-order valence-corrected chi connectivity index (χ0v) is 18.8. The first-order chi connectivity index (χ1) is 15.6. The van der Waals surface area contributed by atoms with Gasteiger partial charge in [0.05, 0.1) is 33.1 Å². The van der Waals surface area contributed by atoms with Crippen molar-refractivity contribution in [2.24, 2.45) is 5.10 Å². The molecule has 2 heterocycles. The lowest BCUT2D eigenvalue weighted by atomic mass is 9.96. The summed E-state index contributed by atoms with van der Waals surface area (Å²) in [4.78, 5) is 0. The monoisotopic (exact) mass is 450 g/mol. The number of hydrazone groups is 1. The number of methoxy groups -OCH3 is 3. The number of hydrogen-bond acceptors (Lipinski definition) is 6. The van der Waals surface area contributed by atoms with Gasteiger partial charge in [-0.05, 0) is 66.2 Å². The summed E-state index contributed by atoms with van der Waals surface area (Å²) in [6.07, 6.45) is 0.330. The molecule has 0 saturated carbocycles. The Bertz CT molecular complexity index is 1180. The van der Waals surface area contributed by atoms with E-state index in [1.165, 1.54) is 0 Å². The molecule has 5 rings (SSSR count). The van der Waals surface area contributed by atoms with Crippen LogP contribution in [0.25, 0.3) is 0 Å². The highest BCUT2D eigenvalue weighted by molar-refractivity contribution is 6.30. The summed E-state index contributed by atoms with van der Waals surface area (Å²) >= 11 is 6.32. The fourth-order valence-corrected chi connectivity index (χ4v) is 4.42. The number of nitrogens with zero attached hydrogens (tertiary/aromatic N) is 2. The topological polar surface area (TPSA) is 52.5 Å². The lowest BCUT2D eigenvalue weighted by molar-refractivity contribution is -0.0191. The zero-order valence-electron chi connectivity index (χ0n) is 18.0. The molecule has 3 aromatic rings. The standard InChI is InChI=1S/C25H23ClN2O4/c1-29-18-8-4-15(5-9-18)20-14-21-19-13-17(26)7-11-22(19)32-25(28(21)27-20)16-6-10-23(30-2)24(12-16)31-3/h4-13,21,25H,14H2,1-3H3/t21-,25-/m0/s1. The maximum absolute atomic E-state index is 6.42. The quantitative estimate of drug-likeness (QED) is 0.505. The molecule has 7 heteroatoms. The summed E-state index contributed by atoms with van der Waals surface area (Å²) in [7, 11) is 4.91. The van der Waals surface area contributed by atoms with Crippen molar-refractivity contribution in [3.05, 3.63) is 82.4 Å². The number of rotatable bonds is 5. The molecular weight excluding hydrogens is 428 g/mol. The summed E-state index contributed by atoms with van der Waals surface area (Å²) in [5.74, 6) is 2.93. The van der Waals surface area contributed by atoms with Crippen LogP contribution >= 0.6 is 11.6 Å². The minimum atomic E-state index is -0.413. The molecule has 0 N–H and O–H groups in total. The van der Waals surface area contributed by atoms with E-state index in [-0.39, 0.29) is 6.04 Å². The van der Waals surface area contributed by atoms with Crippen molar-refractivity contribution in [1.82, 2.24) is 5.01 Å². The summed E-state index contributed by atoms with van der Waals surface area (Å²) < 4.78 is 22.6. The maximum atomic E-state index is 6.42. The molecule has 2 aliphatic heterocycles. The second-order valence-electron chi connectivity index (χ2n) is 7.64. The lowest BCUT2D eigenvalue weighted by Gasteiger charge is -2.38. The van der Waals surface area contributed by atoms with E-state index >= 15 is 0 Å². The molecule has 3 aromatic carbocycles. The van der Waals surface area contributed by atoms with Gasteiger partial charge in [0.1, 0.15) is 11.5 Å². The van der Waals surface area contributed by atoms with Crippen molar-refractivity contribution in [3.63, 3.8) is 0 Å². The van der Waals surface area contributed by atoms with E-state index in [9.17, 15) is 0 Å². The molecule has 0 spiro atoms. The van der Waals surface area contributed by atoms with Crippen LogP contribution in [0.1, 0.15) is 35.4 Å². The second kappa shape index (κ2) is 8.28. The predicted molar refractivity (Wildman–Crippen MR) is 123 cm³/mol. The van der Waals surface area contributed by atoms with Crippen molar-refractivity contribution < 1.29 is 18.9 Å². The van der Waals surface area contributed by atoms with Crippen LogP contribution in [0.2, 0.25) is 5.02 Å². The van der Waals surface area contributed by atoms with Crippen LogP contribution in [0.3, 0.4) is 0 Å². The van der Waals surface area contributed by atoms with Gasteiger partial charge in [-0.2, -0.15) is 5.10 Å². The van der Waals surface area contributed by atoms with Gasteiger partial charge in [0.2, 0.25) is 6.23 Å². The third kappa shape index (κ3) is 3.50. The van der Waals surface area contributed by atoms with Gasteiger partial charge in [0.25, 0.3) is 0 Å². The first kappa shape index (κ1) is 20.5. The van der Waals surface area contributed by atoms with Gasteiger partial charge in [-0.3, -0.25) is 0 Å². The van der Waals surface area contributed by atoms with Crippen molar-refractivity contribution in [2.45, 2.75) is 18.7 Å². The SMILES string of the molecule is COc1ccc(C2=NN3[C@@H](C2)c2cc(Cl)ccc2O[C@H]3c2ccc(OC)c(OC)c2)cc1. The first-order valence-electron chi connectivity index (χ1n) is 10.3. The molecule has 0 fully saturated rings. The number of hydrogen-bond donors (Lipinski definition) is 0. The van der Waals surface area contributed by atoms with Crippen LogP contribution in [0.15, 0.2) is 65.8 Å². The number of ether oxygens (including phenoxy) is 4. The van der Waals surface area contributed by atoms with Crippen molar-refractivity contribution in [3.8, 4) is 23.0 Å². The van der Waals surface area contributed by atoms with Gasteiger partial charge in [-0.15, -0.1) is 0 Å². The Balaban J connectivity index is 1.58.